The zero-order valence-corrected chi connectivity index (χ0v) is 18.4. The number of aryl methyl sites for hydroxylation is 1. The summed E-state index contributed by atoms with van der Waals surface area (Å²) in [6.07, 6.45) is 5.28. The van der Waals surface area contributed by atoms with Gasteiger partial charge in [-0.3, -0.25) is 10.1 Å². The van der Waals surface area contributed by atoms with E-state index in [2.05, 4.69) is 25.1 Å². The Kier molecular flexibility index (Phi) is 4.58. The van der Waals surface area contributed by atoms with Crippen molar-refractivity contribution in [2.75, 3.05) is 7.11 Å². The second kappa shape index (κ2) is 7.77. The Bertz CT molecular complexity index is 1690. The summed E-state index contributed by atoms with van der Waals surface area (Å²) < 4.78 is 19.4. The van der Waals surface area contributed by atoms with Crippen molar-refractivity contribution in [3.05, 3.63) is 78.5 Å². The van der Waals surface area contributed by atoms with Gasteiger partial charge in [0, 0.05) is 35.6 Å². The summed E-state index contributed by atoms with van der Waals surface area (Å²) >= 11 is 0. The maximum atomic E-state index is 14.2. The van der Waals surface area contributed by atoms with Gasteiger partial charge in [-0.2, -0.15) is 5.10 Å². The highest BCUT2D eigenvalue weighted by molar-refractivity contribution is 5.99. The molecule has 6 aromatic rings. The van der Waals surface area contributed by atoms with Crippen molar-refractivity contribution < 1.29 is 9.13 Å². The predicted molar refractivity (Wildman–Crippen MR) is 129 cm³/mol. The van der Waals surface area contributed by atoms with Gasteiger partial charge in [-0.05, 0) is 66.1 Å². The molecule has 0 radical (unpaired) electrons. The monoisotopic (exact) mass is 450 g/mol. The maximum Gasteiger partial charge on any atom is 0.138 e. The van der Waals surface area contributed by atoms with Crippen LogP contribution in [0.3, 0.4) is 0 Å². The third kappa shape index (κ3) is 3.27. The Hall–Kier alpha value is -4.59. The normalized spacial score (nSPS) is 11.4. The number of fused-ring (bicyclic) bond motifs is 2. The minimum Gasteiger partial charge on any atom is -0.497 e. The molecule has 0 aliphatic heterocycles. The van der Waals surface area contributed by atoms with Crippen LogP contribution >= 0.6 is 0 Å². The van der Waals surface area contributed by atoms with E-state index in [0.29, 0.717) is 22.7 Å². The van der Waals surface area contributed by atoms with Crippen molar-refractivity contribution in [2.45, 2.75) is 6.92 Å². The van der Waals surface area contributed by atoms with Gasteiger partial charge < -0.3 is 9.72 Å². The quantitative estimate of drug-likeness (QED) is 0.360. The number of benzene rings is 1. The van der Waals surface area contributed by atoms with E-state index in [-0.39, 0.29) is 5.82 Å². The summed E-state index contributed by atoms with van der Waals surface area (Å²) in [5, 5.41) is 8.43. The van der Waals surface area contributed by atoms with Crippen molar-refractivity contribution >= 4 is 22.1 Å². The number of nitrogens with one attached hydrogen (secondary N) is 2. The molecule has 2 N–H and O–H groups in total. The van der Waals surface area contributed by atoms with Crippen molar-refractivity contribution in [1.29, 1.82) is 0 Å². The van der Waals surface area contributed by atoms with Crippen LogP contribution in [0, 0.1) is 12.7 Å². The van der Waals surface area contributed by atoms with Gasteiger partial charge in [0.15, 0.2) is 0 Å². The Balaban J connectivity index is 1.51. The summed E-state index contributed by atoms with van der Waals surface area (Å²) in [5.41, 5.74) is 8.10. The average Bonchev–Trinajstić information content (AvgIpc) is 3.47. The topological polar surface area (TPSA) is 92.4 Å². The van der Waals surface area contributed by atoms with Gasteiger partial charge in [0.1, 0.15) is 28.4 Å². The first kappa shape index (κ1) is 20.0. The van der Waals surface area contributed by atoms with E-state index in [1.807, 2.05) is 43.5 Å². The van der Waals surface area contributed by atoms with Gasteiger partial charge in [0.05, 0.1) is 24.0 Å². The highest BCUT2D eigenvalue weighted by Gasteiger charge is 2.17. The molecule has 0 bridgehead atoms. The van der Waals surface area contributed by atoms with Crippen molar-refractivity contribution in [1.82, 2.24) is 30.1 Å². The molecule has 0 unspecified atom stereocenters. The number of nitrogens with zero attached hydrogens (tertiary/aromatic N) is 4. The van der Waals surface area contributed by atoms with Crippen molar-refractivity contribution in [3.63, 3.8) is 0 Å². The van der Waals surface area contributed by atoms with Crippen LogP contribution in [0.5, 0.6) is 5.75 Å². The van der Waals surface area contributed by atoms with Crippen molar-refractivity contribution in [2.24, 2.45) is 0 Å². The molecule has 0 amide bonds. The van der Waals surface area contributed by atoms with E-state index in [1.165, 1.54) is 19.2 Å². The van der Waals surface area contributed by atoms with E-state index in [0.717, 1.165) is 44.5 Å². The maximum absolute atomic E-state index is 14.2. The third-order valence-electron chi connectivity index (χ3n) is 5.93. The average molecular weight is 450 g/mol. The zero-order valence-electron chi connectivity index (χ0n) is 18.4. The first-order chi connectivity index (χ1) is 16.6. The number of aromatic amines is 2. The lowest BCUT2D eigenvalue weighted by Gasteiger charge is -2.06. The number of aromatic nitrogens is 6. The molecule has 0 saturated heterocycles. The van der Waals surface area contributed by atoms with Crippen LogP contribution < -0.4 is 4.74 Å². The highest BCUT2D eigenvalue weighted by atomic mass is 19.1. The van der Waals surface area contributed by atoms with Crippen LogP contribution in [0.25, 0.3) is 55.8 Å². The van der Waals surface area contributed by atoms with Crippen molar-refractivity contribution in [3.8, 4) is 39.5 Å². The summed E-state index contributed by atoms with van der Waals surface area (Å²) in [4.78, 5) is 16.9. The third-order valence-corrected chi connectivity index (χ3v) is 5.93. The summed E-state index contributed by atoms with van der Waals surface area (Å²) in [6, 6.07) is 14.4. The molecule has 0 fully saturated rings. The molecule has 0 saturated carbocycles. The van der Waals surface area contributed by atoms with E-state index >= 15 is 0 Å². The molecule has 8 heteroatoms. The van der Waals surface area contributed by atoms with Gasteiger partial charge >= 0.3 is 0 Å². The number of halogens is 1. The smallest absolute Gasteiger partial charge is 0.138 e. The molecule has 0 aliphatic carbocycles. The minimum absolute atomic E-state index is 0.365. The van der Waals surface area contributed by atoms with E-state index < -0.39 is 0 Å². The van der Waals surface area contributed by atoms with Crippen LogP contribution in [0.4, 0.5) is 4.39 Å². The lowest BCUT2D eigenvalue weighted by Crippen LogP contribution is -1.89. The molecular weight excluding hydrogens is 431 g/mol. The largest absolute Gasteiger partial charge is 0.497 e. The number of H-pyrrole nitrogens is 2. The molecule has 1 aromatic carbocycles. The second-order valence-electron chi connectivity index (χ2n) is 8.04. The molecule has 166 valence electrons. The fourth-order valence-electron chi connectivity index (χ4n) is 4.21. The SMILES string of the molecule is COc1cc(F)cc(-c2ccnc3[nH]c(-c4n[nH]c5ccc(-c6cnccc6C)nc45)cc23)c1. The molecule has 5 aromatic heterocycles. The molecule has 0 atom stereocenters. The summed E-state index contributed by atoms with van der Waals surface area (Å²) in [5.74, 6) is 0.0900. The number of methoxy groups -OCH3 is 1. The molecular formula is C26H19FN6O. The van der Waals surface area contributed by atoms with E-state index in [4.69, 9.17) is 9.72 Å². The Labute approximate surface area is 193 Å². The first-order valence-electron chi connectivity index (χ1n) is 10.7. The summed E-state index contributed by atoms with van der Waals surface area (Å²) in [6.45, 7) is 2.03. The number of pyridine rings is 3. The molecule has 0 aliphatic rings. The molecule has 34 heavy (non-hydrogen) atoms. The Morgan fingerprint density at radius 1 is 0.971 bits per heavy atom. The number of rotatable bonds is 4. The zero-order chi connectivity index (χ0) is 23.2. The van der Waals surface area contributed by atoms with Gasteiger partial charge in [0.2, 0.25) is 0 Å². The molecule has 7 nitrogen and oxygen atoms in total. The van der Waals surface area contributed by atoms with Gasteiger partial charge in [-0.1, -0.05) is 0 Å². The molecule has 5 heterocycles. The Morgan fingerprint density at radius 2 is 1.88 bits per heavy atom. The number of ether oxygens (including phenoxy) is 1. The summed E-state index contributed by atoms with van der Waals surface area (Å²) in [7, 11) is 1.52. The lowest BCUT2D eigenvalue weighted by atomic mass is 10.0. The standard InChI is InChI=1S/C26H19FN6O/c1-14-5-7-28-13-20(14)21-3-4-22-24(30-21)25(33-32-22)23-12-19-18(6-8-29-26(19)31-23)15-9-16(27)11-17(10-15)34-2/h3-13H,1-2H3,(H,29,31)(H,32,33). The van der Waals surface area contributed by atoms with Crippen LogP contribution in [0.2, 0.25) is 0 Å². The van der Waals surface area contributed by atoms with Crippen LogP contribution in [0.15, 0.2) is 67.1 Å². The van der Waals surface area contributed by atoms with Gasteiger partial charge in [-0.25, -0.2) is 14.4 Å². The van der Waals surface area contributed by atoms with Crippen LogP contribution in [-0.2, 0) is 0 Å². The second-order valence-corrected chi connectivity index (χ2v) is 8.04. The first-order valence-corrected chi connectivity index (χ1v) is 10.7. The fourth-order valence-corrected chi connectivity index (χ4v) is 4.21. The molecule has 0 spiro atoms. The van der Waals surface area contributed by atoms with Gasteiger partial charge in [-0.15, -0.1) is 0 Å². The van der Waals surface area contributed by atoms with Crippen LogP contribution in [0.1, 0.15) is 5.56 Å². The Morgan fingerprint density at radius 3 is 2.74 bits per heavy atom. The highest BCUT2D eigenvalue weighted by Crippen LogP contribution is 2.35. The minimum atomic E-state index is -0.365. The van der Waals surface area contributed by atoms with Gasteiger partial charge in [0.25, 0.3) is 0 Å². The molecule has 6 rings (SSSR count). The number of hydrogen-bond donors (Lipinski definition) is 2. The van der Waals surface area contributed by atoms with E-state index in [1.54, 1.807) is 18.5 Å². The fraction of sp³-hybridized carbons (Fsp3) is 0.0769. The predicted octanol–water partition coefficient (Wildman–Crippen LogP) is 5.69. The lowest BCUT2D eigenvalue weighted by molar-refractivity contribution is 0.411. The number of hydrogen-bond acceptors (Lipinski definition) is 5. The van der Waals surface area contributed by atoms with E-state index in [9.17, 15) is 4.39 Å². The van der Waals surface area contributed by atoms with Crippen LogP contribution in [-0.4, -0.2) is 37.2 Å².